The molecule has 2 aromatic rings. The molecule has 0 saturated heterocycles. The van der Waals surface area contributed by atoms with Crippen LogP contribution in [0.4, 0.5) is 0 Å². The van der Waals surface area contributed by atoms with Crippen molar-refractivity contribution in [3.63, 3.8) is 0 Å². The summed E-state index contributed by atoms with van der Waals surface area (Å²) in [6.07, 6.45) is 2.17. The van der Waals surface area contributed by atoms with E-state index in [2.05, 4.69) is 12.2 Å². The molecular formula is C19H21NO4. The van der Waals surface area contributed by atoms with Crippen molar-refractivity contribution in [2.75, 3.05) is 13.4 Å². The van der Waals surface area contributed by atoms with Gasteiger partial charge in [0.2, 0.25) is 6.79 Å². The molecule has 0 saturated carbocycles. The molecule has 3 rings (SSSR count). The molecule has 0 radical (unpaired) electrons. The van der Waals surface area contributed by atoms with Crippen molar-refractivity contribution < 1.29 is 19.0 Å². The maximum absolute atomic E-state index is 11.9. The molecule has 0 spiro atoms. The topological polar surface area (TPSA) is 56.8 Å². The molecule has 5 heteroatoms. The van der Waals surface area contributed by atoms with Gasteiger partial charge in [-0.25, -0.2) is 0 Å². The number of carbonyl (C=O) groups is 1. The van der Waals surface area contributed by atoms with Crippen LogP contribution in [0.2, 0.25) is 0 Å². The summed E-state index contributed by atoms with van der Waals surface area (Å²) < 4.78 is 16.1. The Morgan fingerprint density at radius 1 is 1.08 bits per heavy atom. The monoisotopic (exact) mass is 327 g/mol. The van der Waals surface area contributed by atoms with Crippen LogP contribution in [0.5, 0.6) is 17.2 Å². The van der Waals surface area contributed by atoms with Gasteiger partial charge in [-0.3, -0.25) is 4.79 Å². The van der Waals surface area contributed by atoms with Crippen molar-refractivity contribution in [1.82, 2.24) is 5.32 Å². The molecule has 1 heterocycles. The smallest absolute Gasteiger partial charge is 0.258 e. The van der Waals surface area contributed by atoms with E-state index in [4.69, 9.17) is 14.2 Å². The summed E-state index contributed by atoms with van der Waals surface area (Å²) in [4.78, 5) is 11.9. The quantitative estimate of drug-likeness (QED) is 0.849. The lowest BCUT2D eigenvalue weighted by Crippen LogP contribution is -2.28. The molecule has 1 aliphatic rings. The van der Waals surface area contributed by atoms with Crippen molar-refractivity contribution in [2.45, 2.75) is 26.3 Å². The average Bonchev–Trinajstić information content (AvgIpc) is 3.07. The Bertz CT molecular complexity index is 697. The van der Waals surface area contributed by atoms with Crippen molar-refractivity contribution in [2.24, 2.45) is 0 Å². The molecule has 24 heavy (non-hydrogen) atoms. The minimum absolute atomic E-state index is 0.00231. The SMILES string of the molecule is CCCc1ccc(OCC(=O)NCc2ccc3c(c2)OCO3)cc1. The van der Waals surface area contributed by atoms with Gasteiger partial charge in [0.25, 0.3) is 5.91 Å². The average molecular weight is 327 g/mol. The number of carbonyl (C=O) groups excluding carboxylic acids is 1. The molecule has 0 unspecified atom stereocenters. The van der Waals surface area contributed by atoms with Crippen LogP contribution in [0.1, 0.15) is 24.5 Å². The molecule has 0 atom stereocenters. The summed E-state index contributed by atoms with van der Waals surface area (Å²) in [7, 11) is 0. The molecule has 5 nitrogen and oxygen atoms in total. The van der Waals surface area contributed by atoms with E-state index in [9.17, 15) is 4.79 Å². The Labute approximate surface area is 141 Å². The molecule has 1 N–H and O–H groups in total. The minimum Gasteiger partial charge on any atom is -0.484 e. The molecule has 0 fully saturated rings. The number of rotatable bonds is 7. The molecule has 1 amide bonds. The van der Waals surface area contributed by atoms with E-state index in [0.29, 0.717) is 18.0 Å². The highest BCUT2D eigenvalue weighted by molar-refractivity contribution is 5.77. The third-order valence-electron chi connectivity index (χ3n) is 3.76. The molecule has 0 bridgehead atoms. The van der Waals surface area contributed by atoms with Gasteiger partial charge < -0.3 is 19.5 Å². The predicted octanol–water partition coefficient (Wildman–Crippen LogP) is 3.06. The van der Waals surface area contributed by atoms with Crippen molar-refractivity contribution >= 4 is 5.91 Å². The number of benzene rings is 2. The maximum Gasteiger partial charge on any atom is 0.258 e. The molecule has 1 aliphatic heterocycles. The van der Waals surface area contributed by atoms with Crippen LogP contribution in [-0.4, -0.2) is 19.3 Å². The fourth-order valence-electron chi connectivity index (χ4n) is 2.49. The Hall–Kier alpha value is -2.69. The van der Waals surface area contributed by atoms with E-state index in [1.807, 2.05) is 42.5 Å². The summed E-state index contributed by atoms with van der Waals surface area (Å²) in [6, 6.07) is 13.5. The van der Waals surface area contributed by atoms with Crippen LogP contribution in [0, 0.1) is 0 Å². The van der Waals surface area contributed by atoms with Gasteiger partial charge in [-0.15, -0.1) is 0 Å². The van der Waals surface area contributed by atoms with E-state index < -0.39 is 0 Å². The van der Waals surface area contributed by atoms with E-state index in [0.717, 1.165) is 24.2 Å². The number of amides is 1. The number of ether oxygens (including phenoxy) is 3. The minimum atomic E-state index is -0.162. The fraction of sp³-hybridized carbons (Fsp3) is 0.316. The van der Waals surface area contributed by atoms with Gasteiger partial charge in [0.05, 0.1) is 0 Å². The summed E-state index contributed by atoms with van der Waals surface area (Å²) in [6.45, 7) is 2.82. The van der Waals surface area contributed by atoms with Crippen molar-refractivity contribution in [3.05, 3.63) is 53.6 Å². The zero-order chi connectivity index (χ0) is 16.8. The van der Waals surface area contributed by atoms with Crippen LogP contribution in [0.3, 0.4) is 0 Å². The Balaban J connectivity index is 1.44. The highest BCUT2D eigenvalue weighted by Crippen LogP contribution is 2.32. The lowest BCUT2D eigenvalue weighted by atomic mass is 10.1. The van der Waals surface area contributed by atoms with Crippen LogP contribution in [0.15, 0.2) is 42.5 Å². The Kier molecular flexibility index (Phi) is 5.21. The first-order valence-electron chi connectivity index (χ1n) is 8.11. The van der Waals surface area contributed by atoms with E-state index in [-0.39, 0.29) is 19.3 Å². The first kappa shape index (κ1) is 16.2. The maximum atomic E-state index is 11.9. The number of hydrogen-bond acceptors (Lipinski definition) is 4. The van der Waals surface area contributed by atoms with Crippen LogP contribution in [-0.2, 0) is 17.8 Å². The molecule has 2 aromatic carbocycles. The Morgan fingerprint density at radius 3 is 2.62 bits per heavy atom. The fourth-order valence-corrected chi connectivity index (χ4v) is 2.49. The molecular weight excluding hydrogens is 306 g/mol. The van der Waals surface area contributed by atoms with Gasteiger partial charge in [-0.05, 0) is 41.8 Å². The Morgan fingerprint density at radius 2 is 1.83 bits per heavy atom. The van der Waals surface area contributed by atoms with Crippen molar-refractivity contribution in [1.29, 1.82) is 0 Å². The van der Waals surface area contributed by atoms with E-state index >= 15 is 0 Å². The summed E-state index contributed by atoms with van der Waals surface area (Å²) >= 11 is 0. The van der Waals surface area contributed by atoms with Gasteiger partial charge in [0, 0.05) is 6.54 Å². The zero-order valence-electron chi connectivity index (χ0n) is 13.7. The number of aryl methyl sites for hydroxylation is 1. The third kappa shape index (κ3) is 4.19. The number of hydrogen-bond donors (Lipinski definition) is 1. The zero-order valence-corrected chi connectivity index (χ0v) is 13.7. The van der Waals surface area contributed by atoms with E-state index in [1.165, 1.54) is 5.56 Å². The van der Waals surface area contributed by atoms with Crippen LogP contribution < -0.4 is 19.5 Å². The summed E-state index contributed by atoms with van der Waals surface area (Å²) in [5.41, 5.74) is 2.23. The predicted molar refractivity (Wildman–Crippen MR) is 90.3 cm³/mol. The largest absolute Gasteiger partial charge is 0.484 e. The lowest BCUT2D eigenvalue weighted by Gasteiger charge is -2.08. The second-order valence-electron chi connectivity index (χ2n) is 5.65. The summed E-state index contributed by atoms with van der Waals surface area (Å²) in [5, 5.41) is 2.83. The van der Waals surface area contributed by atoms with Gasteiger partial charge >= 0.3 is 0 Å². The third-order valence-corrected chi connectivity index (χ3v) is 3.76. The van der Waals surface area contributed by atoms with Crippen molar-refractivity contribution in [3.8, 4) is 17.2 Å². The summed E-state index contributed by atoms with van der Waals surface area (Å²) in [5.74, 6) is 1.99. The second kappa shape index (κ2) is 7.73. The molecule has 0 aromatic heterocycles. The highest BCUT2D eigenvalue weighted by Gasteiger charge is 2.13. The first-order chi connectivity index (χ1) is 11.7. The van der Waals surface area contributed by atoms with Gasteiger partial charge in [0.15, 0.2) is 18.1 Å². The van der Waals surface area contributed by atoms with Gasteiger partial charge in [-0.2, -0.15) is 0 Å². The van der Waals surface area contributed by atoms with Crippen LogP contribution >= 0.6 is 0 Å². The normalized spacial score (nSPS) is 12.0. The van der Waals surface area contributed by atoms with E-state index in [1.54, 1.807) is 0 Å². The van der Waals surface area contributed by atoms with Crippen LogP contribution in [0.25, 0.3) is 0 Å². The second-order valence-corrected chi connectivity index (χ2v) is 5.65. The standard InChI is InChI=1S/C19H21NO4/c1-2-3-14-4-7-16(8-5-14)22-12-19(21)20-11-15-6-9-17-18(10-15)24-13-23-17/h4-10H,2-3,11-13H2,1H3,(H,20,21). The molecule has 126 valence electrons. The first-order valence-corrected chi connectivity index (χ1v) is 8.11. The number of nitrogens with one attached hydrogen (secondary N) is 1. The van der Waals surface area contributed by atoms with Gasteiger partial charge in [-0.1, -0.05) is 31.5 Å². The molecule has 0 aliphatic carbocycles. The number of fused-ring (bicyclic) bond motifs is 1. The highest BCUT2D eigenvalue weighted by atomic mass is 16.7. The lowest BCUT2D eigenvalue weighted by molar-refractivity contribution is -0.123. The van der Waals surface area contributed by atoms with Gasteiger partial charge in [0.1, 0.15) is 5.75 Å².